The predicted molar refractivity (Wildman–Crippen MR) is 132 cm³/mol. The van der Waals surface area contributed by atoms with Crippen molar-refractivity contribution in [1.82, 2.24) is 14.8 Å². The third kappa shape index (κ3) is 5.36. The van der Waals surface area contributed by atoms with Gasteiger partial charge in [-0.1, -0.05) is 24.6 Å². The van der Waals surface area contributed by atoms with Crippen LogP contribution in [0.5, 0.6) is 0 Å². The number of aromatic nitrogens is 3. The molecule has 3 aromatic heterocycles. The highest BCUT2D eigenvalue weighted by Crippen LogP contribution is 2.37. The molecule has 0 unspecified atom stereocenters. The van der Waals surface area contributed by atoms with Gasteiger partial charge in [0, 0.05) is 11.4 Å². The molecule has 1 aliphatic carbocycles. The van der Waals surface area contributed by atoms with Crippen LogP contribution in [0.3, 0.4) is 0 Å². The van der Waals surface area contributed by atoms with Gasteiger partial charge in [0.25, 0.3) is 0 Å². The van der Waals surface area contributed by atoms with Crippen LogP contribution in [-0.2, 0) is 28.9 Å². The fourth-order valence-corrected chi connectivity index (χ4v) is 6.32. The van der Waals surface area contributed by atoms with Gasteiger partial charge in [0.15, 0.2) is 15.6 Å². The van der Waals surface area contributed by atoms with E-state index in [9.17, 15) is 9.59 Å². The summed E-state index contributed by atoms with van der Waals surface area (Å²) in [6, 6.07) is 3.62. The minimum atomic E-state index is -0.393. The molecule has 0 saturated carbocycles. The van der Waals surface area contributed by atoms with Crippen molar-refractivity contribution in [3.63, 3.8) is 0 Å². The van der Waals surface area contributed by atoms with Gasteiger partial charge in [0.05, 0.1) is 18.4 Å². The summed E-state index contributed by atoms with van der Waals surface area (Å²) >= 11 is 6.09. The number of esters is 1. The van der Waals surface area contributed by atoms with E-state index in [1.54, 1.807) is 6.07 Å². The number of carbonyl (C=O) groups is 2. The Morgan fingerprint density at radius 2 is 2.03 bits per heavy atom. The molecule has 0 atom stereocenters. The van der Waals surface area contributed by atoms with Crippen LogP contribution >= 0.6 is 39.0 Å². The molecule has 176 valence electrons. The maximum atomic E-state index is 12.8. The Kier molecular flexibility index (Phi) is 7.92. The number of thioether (sulfide) groups is 1. The van der Waals surface area contributed by atoms with E-state index < -0.39 is 5.97 Å². The van der Waals surface area contributed by atoms with Gasteiger partial charge in [-0.25, -0.2) is 4.79 Å². The SMILES string of the molecule is CCn1c(SCC(=O)Nc2sc3c(c2C(=O)OC)CCCCCC3)nnc1-c1ccc(Br)o1. The molecule has 0 radical (unpaired) electrons. The zero-order valence-corrected chi connectivity index (χ0v) is 21.7. The number of furan rings is 1. The van der Waals surface area contributed by atoms with Crippen molar-refractivity contribution >= 4 is 55.9 Å². The smallest absolute Gasteiger partial charge is 0.341 e. The lowest BCUT2D eigenvalue weighted by atomic mass is 9.96. The number of fused-ring (bicyclic) bond motifs is 1. The van der Waals surface area contributed by atoms with Crippen molar-refractivity contribution < 1.29 is 18.7 Å². The average molecular weight is 554 g/mol. The number of methoxy groups -OCH3 is 1. The molecule has 0 spiro atoms. The summed E-state index contributed by atoms with van der Waals surface area (Å²) < 4.78 is 13.2. The number of hydrogen-bond acceptors (Lipinski definition) is 8. The quantitative estimate of drug-likeness (QED) is 0.302. The number of hydrogen-bond donors (Lipinski definition) is 1. The number of halogens is 1. The van der Waals surface area contributed by atoms with E-state index in [1.807, 2.05) is 17.6 Å². The second-order valence-electron chi connectivity index (χ2n) is 7.60. The van der Waals surface area contributed by atoms with Gasteiger partial charge in [-0.05, 0) is 66.2 Å². The van der Waals surface area contributed by atoms with E-state index in [2.05, 4.69) is 31.4 Å². The van der Waals surface area contributed by atoms with E-state index in [0.717, 1.165) is 37.7 Å². The Balaban J connectivity index is 1.49. The van der Waals surface area contributed by atoms with Crippen LogP contribution in [0.15, 0.2) is 26.4 Å². The first-order valence-corrected chi connectivity index (χ1v) is 13.5. The first-order valence-electron chi connectivity index (χ1n) is 10.9. The van der Waals surface area contributed by atoms with Gasteiger partial charge in [-0.3, -0.25) is 9.36 Å². The topological polar surface area (TPSA) is 99.2 Å². The summed E-state index contributed by atoms with van der Waals surface area (Å²) in [5, 5.41) is 12.6. The molecule has 1 aliphatic rings. The minimum absolute atomic E-state index is 0.142. The summed E-state index contributed by atoms with van der Waals surface area (Å²) in [6.07, 6.45) is 6.25. The van der Waals surface area contributed by atoms with Crippen LogP contribution in [0.1, 0.15) is 53.4 Å². The molecule has 1 N–H and O–H groups in total. The van der Waals surface area contributed by atoms with Gasteiger partial charge in [0.1, 0.15) is 5.00 Å². The predicted octanol–water partition coefficient (Wildman–Crippen LogP) is 5.56. The van der Waals surface area contributed by atoms with Crippen LogP contribution < -0.4 is 5.32 Å². The number of aryl methyl sites for hydroxylation is 1. The first-order chi connectivity index (χ1) is 16.0. The van der Waals surface area contributed by atoms with Crippen LogP contribution in [-0.4, -0.2) is 39.5 Å². The molecule has 4 rings (SSSR count). The van der Waals surface area contributed by atoms with Crippen molar-refractivity contribution in [2.24, 2.45) is 0 Å². The molecule has 3 aromatic rings. The highest BCUT2D eigenvalue weighted by Gasteiger charge is 2.26. The summed E-state index contributed by atoms with van der Waals surface area (Å²) in [5.74, 6) is 0.759. The third-order valence-electron chi connectivity index (χ3n) is 5.47. The lowest BCUT2D eigenvalue weighted by Gasteiger charge is -2.11. The first kappa shape index (κ1) is 24.0. The highest BCUT2D eigenvalue weighted by molar-refractivity contribution is 9.10. The minimum Gasteiger partial charge on any atom is -0.465 e. The third-order valence-corrected chi connectivity index (χ3v) is 8.07. The highest BCUT2D eigenvalue weighted by atomic mass is 79.9. The molecular formula is C22H25BrN4O4S2. The number of nitrogens with zero attached hydrogens (tertiary/aromatic N) is 3. The summed E-state index contributed by atoms with van der Waals surface area (Å²) in [7, 11) is 1.38. The fraction of sp³-hybridized carbons (Fsp3) is 0.455. The Bertz CT molecular complexity index is 1150. The van der Waals surface area contributed by atoms with Crippen LogP contribution in [0, 0.1) is 0 Å². The average Bonchev–Trinajstić information content (AvgIpc) is 3.48. The van der Waals surface area contributed by atoms with Gasteiger partial charge < -0.3 is 14.5 Å². The summed E-state index contributed by atoms with van der Waals surface area (Å²) in [5.41, 5.74) is 1.55. The van der Waals surface area contributed by atoms with Crippen molar-refractivity contribution in [3.05, 3.63) is 32.8 Å². The van der Waals surface area contributed by atoms with E-state index >= 15 is 0 Å². The number of thiophene rings is 1. The molecule has 8 nitrogen and oxygen atoms in total. The summed E-state index contributed by atoms with van der Waals surface area (Å²) in [4.78, 5) is 26.5. The number of ether oxygens (including phenoxy) is 1. The van der Waals surface area contributed by atoms with Crippen molar-refractivity contribution in [2.45, 2.75) is 57.1 Å². The molecule has 0 bridgehead atoms. The van der Waals surface area contributed by atoms with Crippen molar-refractivity contribution in [1.29, 1.82) is 0 Å². The molecule has 11 heteroatoms. The molecule has 0 saturated heterocycles. The Morgan fingerprint density at radius 3 is 2.73 bits per heavy atom. The molecular weight excluding hydrogens is 528 g/mol. The van der Waals surface area contributed by atoms with Gasteiger partial charge >= 0.3 is 5.97 Å². The number of nitrogens with one attached hydrogen (secondary N) is 1. The maximum Gasteiger partial charge on any atom is 0.341 e. The van der Waals surface area contributed by atoms with E-state index in [0.29, 0.717) is 38.5 Å². The number of amides is 1. The zero-order valence-electron chi connectivity index (χ0n) is 18.5. The van der Waals surface area contributed by atoms with E-state index in [1.165, 1.54) is 41.5 Å². The van der Waals surface area contributed by atoms with Crippen LogP contribution in [0.4, 0.5) is 5.00 Å². The molecule has 1 amide bonds. The Labute approximate surface area is 208 Å². The van der Waals surface area contributed by atoms with Crippen LogP contribution in [0.2, 0.25) is 0 Å². The Hall–Kier alpha value is -2.11. The lowest BCUT2D eigenvalue weighted by molar-refractivity contribution is -0.113. The van der Waals surface area contributed by atoms with E-state index in [4.69, 9.17) is 9.15 Å². The lowest BCUT2D eigenvalue weighted by Crippen LogP contribution is -2.17. The van der Waals surface area contributed by atoms with E-state index in [-0.39, 0.29) is 11.7 Å². The molecule has 0 fully saturated rings. The second kappa shape index (κ2) is 10.9. The van der Waals surface area contributed by atoms with Gasteiger partial charge in [-0.2, -0.15) is 0 Å². The fourth-order valence-electron chi connectivity index (χ4n) is 3.92. The van der Waals surface area contributed by atoms with Gasteiger partial charge in [-0.15, -0.1) is 21.5 Å². The van der Waals surface area contributed by atoms with Crippen molar-refractivity contribution in [3.8, 4) is 11.6 Å². The number of anilines is 1. The maximum absolute atomic E-state index is 12.8. The molecule has 0 aliphatic heterocycles. The van der Waals surface area contributed by atoms with Gasteiger partial charge in [0.2, 0.25) is 11.7 Å². The molecule has 3 heterocycles. The zero-order chi connectivity index (χ0) is 23.4. The normalized spacial score (nSPS) is 13.8. The largest absolute Gasteiger partial charge is 0.465 e. The number of rotatable bonds is 7. The number of carbonyl (C=O) groups excluding carboxylic acids is 2. The molecule has 33 heavy (non-hydrogen) atoms. The monoisotopic (exact) mass is 552 g/mol. The second-order valence-corrected chi connectivity index (χ2v) is 10.4. The standard InChI is InChI=1S/C22H25BrN4O4S2/c1-3-27-19(14-10-11-16(23)31-14)25-26-22(27)32-12-17(28)24-20-18(21(29)30-2)13-8-6-4-5-7-9-15(13)33-20/h10-11H,3-9,12H2,1-2H3,(H,24,28). The van der Waals surface area contributed by atoms with Crippen LogP contribution in [0.25, 0.3) is 11.6 Å². The van der Waals surface area contributed by atoms with Crippen molar-refractivity contribution in [2.75, 3.05) is 18.2 Å². The summed E-state index contributed by atoms with van der Waals surface area (Å²) in [6.45, 7) is 2.62. The Morgan fingerprint density at radius 1 is 1.24 bits per heavy atom. The molecule has 0 aromatic carbocycles.